The number of carbonyl (C=O) groups is 2. The van der Waals surface area contributed by atoms with Crippen LogP contribution in [0.15, 0.2) is 36.4 Å². The Morgan fingerprint density at radius 2 is 2.00 bits per heavy atom. The van der Waals surface area contributed by atoms with Gasteiger partial charge in [-0.05, 0) is 19.1 Å². The van der Waals surface area contributed by atoms with Gasteiger partial charge in [0, 0.05) is 23.7 Å². The van der Waals surface area contributed by atoms with Gasteiger partial charge in [-0.25, -0.2) is 0 Å². The lowest BCUT2D eigenvalue weighted by Crippen LogP contribution is -2.33. The number of rotatable bonds is 3. The molecule has 0 saturated carbocycles. The number of nitrogens with one attached hydrogen (secondary N) is 1. The van der Waals surface area contributed by atoms with Gasteiger partial charge in [0.2, 0.25) is 0 Å². The highest BCUT2D eigenvalue weighted by Gasteiger charge is 2.35. The van der Waals surface area contributed by atoms with E-state index >= 15 is 0 Å². The molecule has 0 spiro atoms. The van der Waals surface area contributed by atoms with E-state index in [4.69, 9.17) is 25.8 Å². The first-order valence-electron chi connectivity index (χ1n) is 7.97. The number of carbonyl (C=O) groups excluding carboxylic acids is 2. The van der Waals surface area contributed by atoms with E-state index < -0.39 is 24.3 Å². The molecule has 0 aliphatic carbocycles. The maximum absolute atomic E-state index is 12.4. The molecule has 2 aromatic rings. The molecule has 2 aromatic carbocycles. The molecule has 0 radical (unpaired) electrons. The SMILES string of the molecule is COc1cccc([C@H]2O[C@H](OC(C)=O)C(=O)Nc3ccc(C)cc32)c1Cl. The molecule has 0 fully saturated rings. The highest BCUT2D eigenvalue weighted by atomic mass is 35.5. The maximum Gasteiger partial charge on any atom is 0.305 e. The van der Waals surface area contributed by atoms with Gasteiger partial charge in [0.1, 0.15) is 11.9 Å². The number of aryl methyl sites for hydroxylation is 1. The normalized spacial score (nSPS) is 19.2. The van der Waals surface area contributed by atoms with Crippen LogP contribution < -0.4 is 10.1 Å². The summed E-state index contributed by atoms with van der Waals surface area (Å²) >= 11 is 6.47. The fourth-order valence-corrected chi connectivity index (χ4v) is 3.13. The minimum Gasteiger partial charge on any atom is -0.495 e. The van der Waals surface area contributed by atoms with E-state index in [2.05, 4.69) is 5.32 Å². The highest BCUT2D eigenvalue weighted by Crippen LogP contribution is 2.41. The van der Waals surface area contributed by atoms with E-state index in [0.717, 1.165) is 5.56 Å². The molecule has 2 atom stereocenters. The lowest BCUT2D eigenvalue weighted by Gasteiger charge is -2.23. The molecule has 1 N–H and O–H groups in total. The third-order valence-corrected chi connectivity index (χ3v) is 4.39. The molecule has 0 unspecified atom stereocenters. The van der Waals surface area contributed by atoms with Crippen LogP contribution in [0.1, 0.15) is 29.7 Å². The van der Waals surface area contributed by atoms with Crippen molar-refractivity contribution in [2.45, 2.75) is 26.2 Å². The number of methoxy groups -OCH3 is 1. The predicted octanol–water partition coefficient (Wildman–Crippen LogP) is 3.60. The Balaban J connectivity index is 2.15. The number of halogens is 1. The van der Waals surface area contributed by atoms with Crippen LogP contribution in [-0.2, 0) is 19.1 Å². The first-order valence-corrected chi connectivity index (χ1v) is 8.35. The van der Waals surface area contributed by atoms with Gasteiger partial charge in [-0.1, -0.05) is 41.4 Å². The van der Waals surface area contributed by atoms with E-state index in [0.29, 0.717) is 27.6 Å². The predicted molar refractivity (Wildman–Crippen MR) is 96.3 cm³/mol. The van der Waals surface area contributed by atoms with Crippen LogP contribution in [0.4, 0.5) is 5.69 Å². The molecule has 6 nitrogen and oxygen atoms in total. The van der Waals surface area contributed by atoms with Gasteiger partial charge >= 0.3 is 5.97 Å². The molecule has 7 heteroatoms. The summed E-state index contributed by atoms with van der Waals surface area (Å²) in [5.41, 5.74) is 2.87. The third kappa shape index (κ3) is 3.52. The van der Waals surface area contributed by atoms with Crippen molar-refractivity contribution in [1.82, 2.24) is 0 Å². The van der Waals surface area contributed by atoms with Gasteiger partial charge < -0.3 is 19.5 Å². The summed E-state index contributed by atoms with van der Waals surface area (Å²) in [5, 5.41) is 3.10. The van der Waals surface area contributed by atoms with Crippen LogP contribution >= 0.6 is 11.6 Å². The molecule has 1 aliphatic heterocycles. The van der Waals surface area contributed by atoms with E-state index in [-0.39, 0.29) is 0 Å². The highest BCUT2D eigenvalue weighted by molar-refractivity contribution is 6.33. The van der Waals surface area contributed by atoms with Crippen molar-refractivity contribution < 1.29 is 23.8 Å². The second-order valence-electron chi connectivity index (χ2n) is 5.90. The van der Waals surface area contributed by atoms with Crippen molar-refractivity contribution in [2.24, 2.45) is 0 Å². The van der Waals surface area contributed by atoms with E-state index in [1.807, 2.05) is 19.1 Å². The summed E-state index contributed by atoms with van der Waals surface area (Å²) in [6.07, 6.45) is -2.12. The summed E-state index contributed by atoms with van der Waals surface area (Å²) in [5.74, 6) is -0.705. The second-order valence-corrected chi connectivity index (χ2v) is 6.28. The zero-order chi connectivity index (χ0) is 18.8. The fourth-order valence-electron chi connectivity index (χ4n) is 2.82. The molecular formula is C19H18ClNO5. The Labute approximate surface area is 156 Å². The van der Waals surface area contributed by atoms with E-state index in [9.17, 15) is 9.59 Å². The van der Waals surface area contributed by atoms with Gasteiger partial charge in [0.05, 0.1) is 12.1 Å². The average Bonchev–Trinajstić information content (AvgIpc) is 2.72. The molecule has 1 heterocycles. The van der Waals surface area contributed by atoms with Crippen molar-refractivity contribution in [3.8, 4) is 5.75 Å². The van der Waals surface area contributed by atoms with Crippen LogP contribution in [0.2, 0.25) is 5.02 Å². The zero-order valence-corrected chi connectivity index (χ0v) is 15.3. The lowest BCUT2D eigenvalue weighted by molar-refractivity contribution is -0.187. The van der Waals surface area contributed by atoms with Gasteiger partial charge in [0.15, 0.2) is 0 Å². The first-order chi connectivity index (χ1) is 12.4. The van der Waals surface area contributed by atoms with Gasteiger partial charge in [-0.15, -0.1) is 0 Å². The summed E-state index contributed by atoms with van der Waals surface area (Å²) in [6, 6.07) is 10.8. The minimum atomic E-state index is -1.40. The lowest BCUT2D eigenvalue weighted by atomic mass is 9.97. The van der Waals surface area contributed by atoms with Crippen molar-refractivity contribution in [3.05, 3.63) is 58.1 Å². The van der Waals surface area contributed by atoms with E-state index in [1.165, 1.54) is 14.0 Å². The van der Waals surface area contributed by atoms with Crippen LogP contribution in [0.5, 0.6) is 5.75 Å². The van der Waals surface area contributed by atoms with Gasteiger partial charge in [-0.2, -0.15) is 0 Å². The average molecular weight is 376 g/mol. The molecule has 1 amide bonds. The molecule has 0 bridgehead atoms. The van der Waals surface area contributed by atoms with Crippen molar-refractivity contribution >= 4 is 29.2 Å². The largest absolute Gasteiger partial charge is 0.495 e. The van der Waals surface area contributed by atoms with Gasteiger partial charge in [0.25, 0.3) is 12.2 Å². The summed E-state index contributed by atoms with van der Waals surface area (Å²) < 4.78 is 16.2. The number of amides is 1. The molecule has 1 aliphatic rings. The fraction of sp³-hybridized carbons (Fsp3) is 0.263. The van der Waals surface area contributed by atoms with Gasteiger partial charge in [-0.3, -0.25) is 9.59 Å². The molecule has 3 rings (SSSR count). The topological polar surface area (TPSA) is 73.9 Å². The summed E-state index contributed by atoms with van der Waals surface area (Å²) in [7, 11) is 1.52. The number of hydrogen-bond donors (Lipinski definition) is 1. The van der Waals surface area contributed by atoms with E-state index in [1.54, 1.807) is 24.3 Å². The zero-order valence-electron chi connectivity index (χ0n) is 14.5. The monoisotopic (exact) mass is 375 g/mol. The molecule has 0 aromatic heterocycles. The molecule has 0 saturated heterocycles. The Morgan fingerprint density at radius 3 is 2.69 bits per heavy atom. The quantitative estimate of drug-likeness (QED) is 0.829. The minimum absolute atomic E-state index is 0.364. The number of hydrogen-bond acceptors (Lipinski definition) is 5. The second kappa shape index (κ2) is 7.35. The first kappa shape index (κ1) is 18.2. The maximum atomic E-state index is 12.4. The number of fused-ring (bicyclic) bond motifs is 1. The Hall–Kier alpha value is -2.57. The summed E-state index contributed by atoms with van der Waals surface area (Å²) in [4.78, 5) is 23.8. The number of anilines is 1. The molecule has 136 valence electrons. The number of ether oxygens (including phenoxy) is 3. The van der Waals surface area contributed by atoms with Crippen LogP contribution in [-0.4, -0.2) is 25.3 Å². The smallest absolute Gasteiger partial charge is 0.305 e. The van der Waals surface area contributed by atoms with Crippen molar-refractivity contribution in [3.63, 3.8) is 0 Å². The third-order valence-electron chi connectivity index (χ3n) is 3.99. The Bertz CT molecular complexity index is 867. The van der Waals surface area contributed by atoms with Crippen LogP contribution in [0.25, 0.3) is 0 Å². The number of benzene rings is 2. The Kier molecular flexibility index (Phi) is 5.15. The van der Waals surface area contributed by atoms with Crippen LogP contribution in [0, 0.1) is 6.92 Å². The number of esters is 1. The van der Waals surface area contributed by atoms with Crippen molar-refractivity contribution in [1.29, 1.82) is 0 Å². The standard InChI is InChI=1S/C19H18ClNO5/c1-10-7-8-14-13(9-10)17(12-5-4-6-15(24-3)16(12)20)26-19(18(23)21-14)25-11(2)22/h4-9,17,19H,1-3H3,(H,21,23)/t17-,19+/m1/s1. The Morgan fingerprint density at radius 1 is 1.23 bits per heavy atom. The molecule has 26 heavy (non-hydrogen) atoms. The summed E-state index contributed by atoms with van der Waals surface area (Å²) in [6.45, 7) is 3.15. The van der Waals surface area contributed by atoms with Crippen molar-refractivity contribution in [2.75, 3.05) is 12.4 Å². The van der Waals surface area contributed by atoms with Crippen LogP contribution in [0.3, 0.4) is 0 Å². The molecular weight excluding hydrogens is 358 g/mol.